The van der Waals surface area contributed by atoms with E-state index in [1.165, 1.54) is 0 Å². The van der Waals surface area contributed by atoms with Crippen LogP contribution in [-0.2, 0) is 0 Å². The highest BCUT2D eigenvalue weighted by molar-refractivity contribution is 5.93. The lowest BCUT2D eigenvalue weighted by atomic mass is 10.1. The summed E-state index contributed by atoms with van der Waals surface area (Å²) < 4.78 is 1.67. The van der Waals surface area contributed by atoms with Crippen LogP contribution in [0.4, 0.5) is 0 Å². The lowest BCUT2D eigenvalue weighted by molar-refractivity contribution is 0.0910. The Kier molecular flexibility index (Phi) is 4.86. The minimum Gasteiger partial charge on any atom is -0.344 e. The number of benzene rings is 2. The summed E-state index contributed by atoms with van der Waals surface area (Å²) in [6, 6.07) is 18.2. The normalized spacial score (nSPS) is 11.4. The zero-order valence-corrected chi connectivity index (χ0v) is 15.2. The van der Waals surface area contributed by atoms with Crippen LogP contribution in [0.5, 0.6) is 0 Å². The van der Waals surface area contributed by atoms with Gasteiger partial charge in [0.05, 0.1) is 11.4 Å². The van der Waals surface area contributed by atoms with E-state index in [0.717, 1.165) is 16.8 Å². The van der Waals surface area contributed by atoms with Gasteiger partial charge in [0.15, 0.2) is 5.69 Å². The number of aromatic nitrogens is 3. The number of amides is 1. The third kappa shape index (κ3) is 3.65. The number of rotatable bonds is 5. The first-order chi connectivity index (χ1) is 12.4. The van der Waals surface area contributed by atoms with Gasteiger partial charge in [-0.2, -0.15) is 0 Å². The van der Waals surface area contributed by atoms with Gasteiger partial charge in [0, 0.05) is 12.1 Å². The van der Waals surface area contributed by atoms with Gasteiger partial charge < -0.3 is 11.1 Å². The lowest BCUT2D eigenvalue weighted by Gasteiger charge is -2.23. The Hall–Kier alpha value is -2.99. The summed E-state index contributed by atoms with van der Waals surface area (Å²) in [6.45, 7) is 5.91. The molecular formula is C20H23N5O. The second-order valence-corrected chi connectivity index (χ2v) is 6.89. The molecule has 0 aliphatic rings. The van der Waals surface area contributed by atoms with Gasteiger partial charge in [-0.15, -0.1) is 5.10 Å². The van der Waals surface area contributed by atoms with E-state index in [4.69, 9.17) is 5.73 Å². The maximum atomic E-state index is 12.4. The predicted octanol–water partition coefficient (Wildman–Crippen LogP) is 2.71. The molecule has 0 saturated heterocycles. The molecule has 1 heterocycles. The van der Waals surface area contributed by atoms with Crippen LogP contribution in [0.3, 0.4) is 0 Å². The molecule has 3 rings (SSSR count). The standard InChI is InChI=1S/C20H23N5O/c1-14-18(19(26)22-20(2,3)13-21)23-24-25(14)17-11-9-16(10-12-17)15-7-5-4-6-8-15/h4-12H,13,21H2,1-3H3,(H,22,26). The molecule has 3 aromatic rings. The first kappa shape index (κ1) is 17.8. The molecule has 2 aromatic carbocycles. The van der Waals surface area contributed by atoms with Crippen molar-refractivity contribution >= 4 is 5.91 Å². The van der Waals surface area contributed by atoms with Crippen LogP contribution < -0.4 is 11.1 Å². The Morgan fingerprint density at radius 3 is 2.31 bits per heavy atom. The summed E-state index contributed by atoms with van der Waals surface area (Å²) in [5.74, 6) is -0.273. The molecule has 0 aliphatic carbocycles. The quantitative estimate of drug-likeness (QED) is 0.741. The number of carbonyl (C=O) groups is 1. The highest BCUT2D eigenvalue weighted by Gasteiger charge is 2.23. The fourth-order valence-electron chi connectivity index (χ4n) is 2.63. The molecule has 0 atom stereocenters. The number of carbonyl (C=O) groups excluding carboxylic acids is 1. The van der Waals surface area contributed by atoms with Gasteiger partial charge in [-0.05, 0) is 44.0 Å². The summed E-state index contributed by atoms with van der Waals surface area (Å²) in [6.07, 6.45) is 0. The summed E-state index contributed by atoms with van der Waals surface area (Å²) in [4.78, 5) is 12.4. The first-order valence-corrected chi connectivity index (χ1v) is 8.52. The van der Waals surface area contributed by atoms with Crippen molar-refractivity contribution in [3.8, 4) is 16.8 Å². The van der Waals surface area contributed by atoms with Crippen LogP contribution in [0.1, 0.15) is 30.0 Å². The highest BCUT2D eigenvalue weighted by atomic mass is 16.2. The third-order valence-corrected chi connectivity index (χ3v) is 4.29. The van der Waals surface area contributed by atoms with E-state index >= 15 is 0 Å². The minimum absolute atomic E-state index is 0.273. The molecule has 3 N–H and O–H groups in total. The van der Waals surface area contributed by atoms with Crippen LogP contribution in [0.15, 0.2) is 54.6 Å². The smallest absolute Gasteiger partial charge is 0.274 e. The van der Waals surface area contributed by atoms with Gasteiger partial charge in [0.25, 0.3) is 5.91 Å². The fraction of sp³-hybridized carbons (Fsp3) is 0.250. The molecule has 0 spiro atoms. The van der Waals surface area contributed by atoms with Gasteiger partial charge in [-0.25, -0.2) is 4.68 Å². The van der Waals surface area contributed by atoms with Gasteiger partial charge in [-0.1, -0.05) is 47.7 Å². The number of nitrogens with one attached hydrogen (secondary N) is 1. The zero-order chi connectivity index (χ0) is 18.7. The molecule has 134 valence electrons. The van der Waals surface area contributed by atoms with Gasteiger partial charge >= 0.3 is 0 Å². The molecule has 0 radical (unpaired) electrons. The Morgan fingerprint density at radius 2 is 1.69 bits per heavy atom. The van der Waals surface area contributed by atoms with Crippen molar-refractivity contribution in [2.45, 2.75) is 26.3 Å². The van der Waals surface area contributed by atoms with Gasteiger partial charge in [0.2, 0.25) is 0 Å². The first-order valence-electron chi connectivity index (χ1n) is 8.52. The maximum Gasteiger partial charge on any atom is 0.274 e. The minimum atomic E-state index is -0.495. The number of nitrogens with two attached hydrogens (primary N) is 1. The van der Waals surface area contributed by atoms with Gasteiger partial charge in [-0.3, -0.25) is 4.79 Å². The summed E-state index contributed by atoms with van der Waals surface area (Å²) in [7, 11) is 0. The molecule has 0 fully saturated rings. The molecule has 0 saturated carbocycles. The van der Waals surface area contributed by atoms with Crippen molar-refractivity contribution in [2.75, 3.05) is 6.54 Å². The summed E-state index contributed by atoms with van der Waals surface area (Å²) in [5, 5.41) is 11.1. The van der Waals surface area contributed by atoms with E-state index < -0.39 is 5.54 Å². The average Bonchev–Trinajstić information content (AvgIpc) is 3.04. The molecule has 6 heteroatoms. The zero-order valence-electron chi connectivity index (χ0n) is 15.2. The topological polar surface area (TPSA) is 85.8 Å². The molecule has 0 aliphatic heterocycles. The third-order valence-electron chi connectivity index (χ3n) is 4.29. The molecule has 1 aromatic heterocycles. The van der Waals surface area contributed by atoms with Crippen molar-refractivity contribution in [3.05, 3.63) is 66.0 Å². The Morgan fingerprint density at radius 1 is 1.08 bits per heavy atom. The Labute approximate surface area is 153 Å². The molecule has 6 nitrogen and oxygen atoms in total. The molecular weight excluding hydrogens is 326 g/mol. The molecule has 1 amide bonds. The monoisotopic (exact) mass is 349 g/mol. The molecule has 0 bridgehead atoms. The van der Waals surface area contributed by atoms with Crippen LogP contribution in [-0.4, -0.2) is 33.0 Å². The fourth-order valence-corrected chi connectivity index (χ4v) is 2.63. The van der Waals surface area contributed by atoms with E-state index in [9.17, 15) is 4.79 Å². The highest BCUT2D eigenvalue weighted by Crippen LogP contribution is 2.21. The van der Waals surface area contributed by atoms with Crippen molar-refractivity contribution in [1.82, 2.24) is 20.3 Å². The lowest BCUT2D eigenvalue weighted by Crippen LogP contribution is -2.49. The van der Waals surface area contributed by atoms with E-state index in [1.54, 1.807) is 4.68 Å². The van der Waals surface area contributed by atoms with Crippen LogP contribution >= 0.6 is 0 Å². The molecule has 0 unspecified atom stereocenters. The molecule has 26 heavy (non-hydrogen) atoms. The average molecular weight is 349 g/mol. The Bertz CT molecular complexity index is 898. The van der Waals surface area contributed by atoms with Crippen molar-refractivity contribution in [2.24, 2.45) is 5.73 Å². The second kappa shape index (κ2) is 7.09. The SMILES string of the molecule is Cc1c(C(=O)NC(C)(C)CN)nnn1-c1ccc(-c2ccccc2)cc1. The predicted molar refractivity (Wildman–Crippen MR) is 102 cm³/mol. The summed E-state index contributed by atoms with van der Waals surface area (Å²) >= 11 is 0. The van der Waals surface area contributed by atoms with E-state index in [1.807, 2.05) is 63.2 Å². The summed E-state index contributed by atoms with van der Waals surface area (Å²) in [5.41, 5.74) is 9.29. The van der Waals surface area contributed by atoms with Gasteiger partial charge in [0.1, 0.15) is 0 Å². The van der Waals surface area contributed by atoms with E-state index in [-0.39, 0.29) is 5.91 Å². The van der Waals surface area contributed by atoms with Crippen molar-refractivity contribution in [3.63, 3.8) is 0 Å². The number of hydrogen-bond donors (Lipinski definition) is 2. The number of nitrogens with zero attached hydrogens (tertiary/aromatic N) is 3. The van der Waals surface area contributed by atoms with Crippen molar-refractivity contribution in [1.29, 1.82) is 0 Å². The van der Waals surface area contributed by atoms with Crippen LogP contribution in [0.2, 0.25) is 0 Å². The van der Waals surface area contributed by atoms with E-state index in [0.29, 0.717) is 17.9 Å². The maximum absolute atomic E-state index is 12.4. The van der Waals surface area contributed by atoms with E-state index in [2.05, 4.69) is 27.8 Å². The number of hydrogen-bond acceptors (Lipinski definition) is 4. The second-order valence-electron chi connectivity index (χ2n) is 6.89. The van der Waals surface area contributed by atoms with Crippen LogP contribution in [0, 0.1) is 6.92 Å². The largest absolute Gasteiger partial charge is 0.344 e. The van der Waals surface area contributed by atoms with Crippen LogP contribution in [0.25, 0.3) is 16.8 Å². The Balaban J connectivity index is 1.85. The van der Waals surface area contributed by atoms with Crippen molar-refractivity contribution < 1.29 is 4.79 Å².